The van der Waals surface area contributed by atoms with Gasteiger partial charge < -0.3 is 9.88 Å². The zero-order valence-corrected chi connectivity index (χ0v) is 17.0. The summed E-state index contributed by atoms with van der Waals surface area (Å²) in [5.74, 6) is -0.581. The summed E-state index contributed by atoms with van der Waals surface area (Å²) in [6.45, 7) is 2.07. The van der Waals surface area contributed by atoms with Crippen molar-refractivity contribution in [3.05, 3.63) is 51.9 Å². The molecule has 0 amide bonds. The number of hydrogen-bond acceptors (Lipinski definition) is 3. The number of rotatable bonds is 3. The Bertz CT molecular complexity index is 1090. The van der Waals surface area contributed by atoms with Crippen LogP contribution in [-0.4, -0.2) is 21.5 Å². The van der Waals surface area contributed by atoms with Crippen LogP contribution in [0.1, 0.15) is 48.5 Å². The fraction of sp³-hybridized carbons (Fsp3) is 0.400. The third kappa shape index (κ3) is 4.05. The van der Waals surface area contributed by atoms with Crippen LogP contribution in [-0.2, 0) is 18.8 Å². The molecule has 3 heterocycles. The summed E-state index contributed by atoms with van der Waals surface area (Å²) >= 11 is 6.10. The number of aromatic amines is 1. The zero-order chi connectivity index (χ0) is 22.6. The Morgan fingerprint density at radius 1 is 1.06 bits per heavy atom. The number of nitrogens with zero attached hydrogens (tertiary/aromatic N) is 3. The van der Waals surface area contributed by atoms with Gasteiger partial charge in [0.1, 0.15) is 0 Å². The first kappa shape index (κ1) is 21.7. The molecule has 0 saturated carbocycles. The lowest BCUT2D eigenvalue weighted by Gasteiger charge is -2.36. The molecule has 0 unspecified atom stereocenters. The minimum atomic E-state index is -5.03. The first-order valence-corrected chi connectivity index (χ1v) is 9.97. The van der Waals surface area contributed by atoms with Gasteiger partial charge in [0.15, 0.2) is 11.4 Å². The Morgan fingerprint density at radius 2 is 1.71 bits per heavy atom. The summed E-state index contributed by atoms with van der Waals surface area (Å²) < 4.78 is 79.6. The van der Waals surface area contributed by atoms with Crippen LogP contribution in [0.15, 0.2) is 24.3 Å². The number of fused-ring (bicyclic) bond motifs is 3. The summed E-state index contributed by atoms with van der Waals surface area (Å²) in [6.07, 6.45) is -8.51. The number of benzene rings is 1. The molecule has 0 fully saturated rings. The number of aromatic nitrogens is 3. The van der Waals surface area contributed by atoms with Gasteiger partial charge in [-0.2, -0.15) is 26.3 Å². The minimum absolute atomic E-state index is 0.0569. The minimum Gasteiger partial charge on any atom is -0.356 e. The molecule has 0 bridgehead atoms. The normalized spacial score (nSPS) is 17.3. The van der Waals surface area contributed by atoms with E-state index in [1.165, 1.54) is 4.90 Å². The van der Waals surface area contributed by atoms with Crippen LogP contribution in [0.4, 0.5) is 32.3 Å². The van der Waals surface area contributed by atoms with Gasteiger partial charge in [0.2, 0.25) is 5.95 Å². The Labute approximate surface area is 178 Å². The number of H-pyrrole nitrogens is 1. The van der Waals surface area contributed by atoms with Crippen LogP contribution < -0.4 is 4.90 Å². The van der Waals surface area contributed by atoms with E-state index in [1.807, 2.05) is 6.92 Å². The Hall–Kier alpha value is -2.49. The molecule has 166 valence electrons. The molecule has 0 saturated heterocycles. The Morgan fingerprint density at radius 3 is 2.29 bits per heavy atom. The van der Waals surface area contributed by atoms with E-state index in [9.17, 15) is 26.3 Å². The largest absolute Gasteiger partial charge is 0.433 e. The zero-order valence-electron chi connectivity index (χ0n) is 16.2. The molecule has 4 nitrogen and oxygen atoms in total. The number of halogens is 7. The van der Waals surface area contributed by atoms with E-state index in [1.54, 1.807) is 18.2 Å². The van der Waals surface area contributed by atoms with Crippen molar-refractivity contribution in [2.24, 2.45) is 0 Å². The summed E-state index contributed by atoms with van der Waals surface area (Å²) in [4.78, 5) is 11.6. The third-order valence-electron chi connectivity index (χ3n) is 5.33. The van der Waals surface area contributed by atoms with E-state index >= 15 is 0 Å². The quantitative estimate of drug-likeness (QED) is 0.449. The van der Waals surface area contributed by atoms with Crippen LogP contribution in [0.5, 0.6) is 0 Å². The average Bonchev–Trinajstić information content (AvgIpc) is 3.05. The van der Waals surface area contributed by atoms with Crippen LogP contribution in [0.3, 0.4) is 0 Å². The van der Waals surface area contributed by atoms with Gasteiger partial charge in [0.05, 0.1) is 6.04 Å². The molecule has 2 aromatic heterocycles. The molecule has 11 heteroatoms. The van der Waals surface area contributed by atoms with Crippen molar-refractivity contribution < 1.29 is 26.3 Å². The van der Waals surface area contributed by atoms with Crippen molar-refractivity contribution in [3.63, 3.8) is 0 Å². The molecule has 0 radical (unpaired) electrons. The molecular formula is C20H17ClF6N4. The SMILES string of the molecule is CCC[C@H]1c2[nH]c3ccc(Cl)cc3c2CCN1c1nc(C(F)(F)F)cc(C(F)(F)F)n1. The summed E-state index contributed by atoms with van der Waals surface area (Å²) in [7, 11) is 0. The number of nitrogens with one attached hydrogen (secondary N) is 1. The first-order valence-electron chi connectivity index (χ1n) is 9.59. The maximum Gasteiger partial charge on any atom is 0.433 e. The molecule has 3 aromatic rings. The molecule has 0 spiro atoms. The van der Waals surface area contributed by atoms with Gasteiger partial charge in [-0.3, -0.25) is 0 Å². The highest BCUT2D eigenvalue weighted by Gasteiger charge is 2.41. The van der Waals surface area contributed by atoms with Gasteiger partial charge in [0.25, 0.3) is 0 Å². The molecule has 1 aliphatic heterocycles. The van der Waals surface area contributed by atoms with Crippen molar-refractivity contribution >= 4 is 28.5 Å². The van der Waals surface area contributed by atoms with Crippen molar-refractivity contribution in [2.45, 2.75) is 44.6 Å². The molecule has 31 heavy (non-hydrogen) atoms. The predicted molar refractivity (Wildman–Crippen MR) is 104 cm³/mol. The van der Waals surface area contributed by atoms with Crippen LogP contribution in [0.2, 0.25) is 5.02 Å². The lowest BCUT2D eigenvalue weighted by Crippen LogP contribution is -2.37. The van der Waals surface area contributed by atoms with Crippen molar-refractivity contribution in [2.75, 3.05) is 11.4 Å². The van der Waals surface area contributed by atoms with Gasteiger partial charge in [0, 0.05) is 28.2 Å². The second kappa shape index (κ2) is 7.58. The van der Waals surface area contributed by atoms with E-state index in [4.69, 9.17) is 11.6 Å². The predicted octanol–water partition coefficient (Wildman–Crippen LogP) is 6.55. The van der Waals surface area contributed by atoms with E-state index in [-0.39, 0.29) is 12.6 Å². The lowest BCUT2D eigenvalue weighted by molar-refractivity contribution is -0.147. The lowest BCUT2D eigenvalue weighted by atomic mass is 9.95. The fourth-order valence-corrected chi connectivity index (χ4v) is 4.18. The Kier molecular flexibility index (Phi) is 5.31. The second-order valence-corrected chi connectivity index (χ2v) is 7.83. The third-order valence-corrected chi connectivity index (χ3v) is 5.56. The van der Waals surface area contributed by atoms with E-state index in [2.05, 4.69) is 15.0 Å². The van der Waals surface area contributed by atoms with Crippen molar-refractivity contribution in [1.82, 2.24) is 15.0 Å². The molecule has 1 aromatic carbocycles. The van der Waals surface area contributed by atoms with E-state index in [0.717, 1.165) is 22.2 Å². The maximum absolute atomic E-state index is 13.3. The maximum atomic E-state index is 13.3. The second-order valence-electron chi connectivity index (χ2n) is 7.39. The van der Waals surface area contributed by atoms with Crippen molar-refractivity contribution in [1.29, 1.82) is 0 Å². The summed E-state index contributed by atoms with van der Waals surface area (Å²) in [5, 5.41) is 1.43. The van der Waals surface area contributed by atoms with Crippen LogP contribution in [0, 0.1) is 0 Å². The highest BCUT2D eigenvalue weighted by atomic mass is 35.5. The highest BCUT2D eigenvalue weighted by Crippen LogP contribution is 2.41. The number of alkyl halides is 6. The van der Waals surface area contributed by atoms with E-state index in [0.29, 0.717) is 24.3 Å². The summed E-state index contributed by atoms with van der Waals surface area (Å²) in [5.41, 5.74) is -0.739. The van der Waals surface area contributed by atoms with Gasteiger partial charge in [-0.25, -0.2) is 9.97 Å². The van der Waals surface area contributed by atoms with E-state index < -0.39 is 35.7 Å². The van der Waals surface area contributed by atoms with Crippen LogP contribution in [0.25, 0.3) is 10.9 Å². The molecular weight excluding hydrogens is 446 g/mol. The number of hydrogen-bond donors (Lipinski definition) is 1. The smallest absolute Gasteiger partial charge is 0.356 e. The molecule has 0 aliphatic carbocycles. The van der Waals surface area contributed by atoms with Gasteiger partial charge in [-0.15, -0.1) is 0 Å². The average molecular weight is 463 g/mol. The fourth-order valence-electron chi connectivity index (χ4n) is 4.00. The first-order chi connectivity index (χ1) is 14.5. The van der Waals surface area contributed by atoms with Crippen molar-refractivity contribution in [3.8, 4) is 0 Å². The monoisotopic (exact) mass is 462 g/mol. The standard InChI is InChI=1S/C20H17ClF6N4/c1-2-3-14-17-11(12-8-10(21)4-5-13(12)28-17)6-7-31(14)18-29-15(19(22,23)24)9-16(30-18)20(25,26)27/h4-5,8-9,14,28H,2-3,6-7H2,1H3/t14-/m0/s1. The molecule has 4 rings (SSSR count). The van der Waals surface area contributed by atoms with Gasteiger partial charge in [-0.05, 0) is 42.7 Å². The molecule has 1 aliphatic rings. The van der Waals surface area contributed by atoms with Gasteiger partial charge >= 0.3 is 12.4 Å². The number of anilines is 1. The molecule has 1 N–H and O–H groups in total. The highest BCUT2D eigenvalue weighted by molar-refractivity contribution is 6.31. The Balaban J connectivity index is 1.85. The molecule has 1 atom stereocenters. The van der Waals surface area contributed by atoms with Gasteiger partial charge in [-0.1, -0.05) is 24.9 Å². The van der Waals surface area contributed by atoms with Crippen LogP contribution >= 0.6 is 11.6 Å². The summed E-state index contributed by atoms with van der Waals surface area (Å²) in [6, 6.07) is 4.76. The topological polar surface area (TPSA) is 44.8 Å².